The summed E-state index contributed by atoms with van der Waals surface area (Å²) in [5.41, 5.74) is 9.09. The number of rotatable bonds is 11. The predicted molar refractivity (Wildman–Crippen MR) is 134 cm³/mol. The molecule has 1 aliphatic rings. The molecule has 8 nitrogen and oxygen atoms in total. The Morgan fingerprint density at radius 2 is 1.94 bits per heavy atom. The first kappa shape index (κ1) is 23.3. The lowest BCUT2D eigenvalue weighted by molar-refractivity contribution is 0.199. The zero-order chi connectivity index (χ0) is 22.3. The van der Waals surface area contributed by atoms with Gasteiger partial charge in [-0.05, 0) is 25.5 Å². The van der Waals surface area contributed by atoms with Crippen molar-refractivity contribution in [2.24, 2.45) is 0 Å². The highest BCUT2D eigenvalue weighted by Crippen LogP contribution is 2.29. The van der Waals surface area contributed by atoms with E-state index in [1.807, 2.05) is 18.2 Å². The maximum Gasteiger partial charge on any atom is 0.152 e. The number of aryl methyl sites for hydroxylation is 1. The summed E-state index contributed by atoms with van der Waals surface area (Å²) in [5.74, 6) is 1.51. The minimum Gasteiger partial charge on any atom is -0.384 e. The van der Waals surface area contributed by atoms with Crippen LogP contribution in [0.2, 0.25) is 0 Å². The van der Waals surface area contributed by atoms with Crippen molar-refractivity contribution in [3.8, 4) is 0 Å². The molecule has 0 bridgehead atoms. The summed E-state index contributed by atoms with van der Waals surface area (Å²) in [4.78, 5) is 11.9. The molecule has 3 heterocycles. The zero-order valence-corrected chi connectivity index (χ0v) is 20.0. The summed E-state index contributed by atoms with van der Waals surface area (Å²) in [7, 11) is 1.73. The lowest BCUT2D eigenvalue weighted by Crippen LogP contribution is -2.44. The zero-order valence-electron chi connectivity index (χ0n) is 19.2. The molecule has 0 saturated carbocycles. The Kier molecular flexibility index (Phi) is 8.20. The van der Waals surface area contributed by atoms with Gasteiger partial charge in [0.2, 0.25) is 0 Å². The number of hydrogen-bond acceptors (Lipinski definition) is 8. The lowest BCUT2D eigenvalue weighted by atomic mass is 10.2. The smallest absolute Gasteiger partial charge is 0.152 e. The van der Waals surface area contributed by atoms with E-state index < -0.39 is 0 Å². The number of benzene rings is 1. The average molecular weight is 458 g/mol. The van der Waals surface area contributed by atoms with Crippen molar-refractivity contribution in [1.82, 2.24) is 28.5 Å². The maximum atomic E-state index is 6.28. The number of piperazine rings is 1. The van der Waals surface area contributed by atoms with Gasteiger partial charge >= 0.3 is 0 Å². The van der Waals surface area contributed by atoms with Gasteiger partial charge in [0, 0.05) is 70.3 Å². The number of pyridine rings is 1. The normalized spacial score (nSPS) is 15.8. The Balaban J connectivity index is 1.38. The van der Waals surface area contributed by atoms with E-state index in [2.05, 4.69) is 36.5 Å². The Bertz CT molecular complexity index is 1020. The van der Waals surface area contributed by atoms with Crippen molar-refractivity contribution in [2.75, 3.05) is 58.7 Å². The van der Waals surface area contributed by atoms with E-state index in [-0.39, 0.29) is 0 Å². The van der Waals surface area contributed by atoms with Crippen molar-refractivity contribution in [3.63, 3.8) is 0 Å². The average Bonchev–Trinajstić information content (AvgIpc) is 3.19. The van der Waals surface area contributed by atoms with Crippen LogP contribution in [0, 0.1) is 0 Å². The monoisotopic (exact) mass is 457 g/mol. The molecule has 1 aromatic carbocycles. The number of nitrogens with two attached hydrogens (primary N) is 1. The molecule has 0 radical (unpaired) electrons. The topological polar surface area (TPSA) is 84.5 Å². The fourth-order valence-corrected chi connectivity index (χ4v) is 5.04. The van der Waals surface area contributed by atoms with E-state index in [0.29, 0.717) is 12.4 Å². The lowest BCUT2D eigenvalue weighted by Gasteiger charge is -2.32. The highest BCUT2D eigenvalue weighted by atomic mass is 32.2. The molecule has 1 fully saturated rings. The summed E-state index contributed by atoms with van der Waals surface area (Å²) in [5, 5.41) is 1.10. The quantitative estimate of drug-likeness (QED) is 0.336. The van der Waals surface area contributed by atoms with Gasteiger partial charge < -0.3 is 19.9 Å². The van der Waals surface area contributed by atoms with Crippen molar-refractivity contribution < 1.29 is 4.74 Å². The van der Waals surface area contributed by atoms with Crippen LogP contribution in [0.4, 0.5) is 5.82 Å². The Hall–Kier alpha value is -1.91. The van der Waals surface area contributed by atoms with E-state index >= 15 is 0 Å². The van der Waals surface area contributed by atoms with Crippen molar-refractivity contribution in [3.05, 3.63) is 30.1 Å². The Morgan fingerprint density at radius 3 is 2.72 bits per heavy atom. The maximum absolute atomic E-state index is 6.28. The van der Waals surface area contributed by atoms with E-state index in [4.69, 9.17) is 15.5 Å². The Labute approximate surface area is 194 Å². The van der Waals surface area contributed by atoms with Crippen LogP contribution in [-0.2, 0) is 17.7 Å². The highest BCUT2D eigenvalue weighted by Gasteiger charge is 2.17. The molecule has 3 aromatic rings. The molecule has 0 aliphatic carbocycles. The fraction of sp³-hybridized carbons (Fsp3) is 0.565. The first-order valence-corrected chi connectivity index (χ1v) is 12.4. The number of fused-ring (bicyclic) bond motifs is 3. The van der Waals surface area contributed by atoms with Crippen molar-refractivity contribution >= 4 is 39.9 Å². The first-order valence-electron chi connectivity index (χ1n) is 11.6. The van der Waals surface area contributed by atoms with Gasteiger partial charge in [-0.3, -0.25) is 4.72 Å². The molecule has 0 amide bonds. The van der Waals surface area contributed by atoms with Gasteiger partial charge in [-0.1, -0.05) is 25.1 Å². The second-order valence-electron chi connectivity index (χ2n) is 8.19. The van der Waals surface area contributed by atoms with Gasteiger partial charge in [0.1, 0.15) is 11.3 Å². The summed E-state index contributed by atoms with van der Waals surface area (Å²) in [6.45, 7) is 10.5. The molecule has 1 saturated heterocycles. The van der Waals surface area contributed by atoms with E-state index in [0.717, 1.165) is 92.8 Å². The van der Waals surface area contributed by atoms with Crippen LogP contribution in [0.25, 0.3) is 21.9 Å². The molecular formula is C23H35N7OS. The SMILES string of the molecule is CCN1CCN(SNCCCCn2c(CCOC)nc3c(N)nc4ccccc4c32)CC1. The number of likely N-dealkylation sites (N-methyl/N-ethyl adjacent to an activating group) is 1. The minimum absolute atomic E-state index is 0.498. The second kappa shape index (κ2) is 11.3. The number of nitrogens with one attached hydrogen (secondary N) is 1. The number of methoxy groups -OCH3 is 1. The molecule has 0 unspecified atom stereocenters. The standard InChI is InChI=1S/C23H35N7OS/c1-3-28-13-15-29(16-14-28)32-25-11-6-7-12-30-20(10-17-31-2)27-21-22(30)18-8-4-5-9-19(18)26-23(21)24/h4-5,8-9,25H,3,6-7,10-17H2,1-2H3,(H2,24,26). The van der Waals surface area contributed by atoms with Crippen LogP contribution in [0.5, 0.6) is 0 Å². The summed E-state index contributed by atoms with van der Waals surface area (Å²) in [6.07, 6.45) is 2.93. The number of anilines is 1. The molecule has 174 valence electrons. The van der Waals surface area contributed by atoms with Crippen LogP contribution in [0.15, 0.2) is 24.3 Å². The third-order valence-corrected chi connectivity index (χ3v) is 7.06. The molecule has 0 spiro atoms. The van der Waals surface area contributed by atoms with Crippen LogP contribution >= 0.6 is 12.1 Å². The van der Waals surface area contributed by atoms with Crippen molar-refractivity contribution in [2.45, 2.75) is 32.7 Å². The molecule has 2 aromatic heterocycles. The largest absolute Gasteiger partial charge is 0.384 e. The minimum atomic E-state index is 0.498. The fourth-order valence-electron chi connectivity index (χ4n) is 4.27. The number of para-hydroxylation sites is 1. The molecule has 32 heavy (non-hydrogen) atoms. The predicted octanol–water partition coefficient (Wildman–Crippen LogP) is 2.93. The van der Waals surface area contributed by atoms with Gasteiger partial charge in [0.05, 0.1) is 17.6 Å². The number of hydrogen-bond donors (Lipinski definition) is 2. The highest BCUT2D eigenvalue weighted by molar-refractivity contribution is 7.95. The van der Waals surface area contributed by atoms with Gasteiger partial charge in [0.25, 0.3) is 0 Å². The van der Waals surface area contributed by atoms with Crippen LogP contribution < -0.4 is 10.5 Å². The van der Waals surface area contributed by atoms with Gasteiger partial charge in [0.15, 0.2) is 5.82 Å². The van der Waals surface area contributed by atoms with Gasteiger partial charge in [-0.25, -0.2) is 14.3 Å². The number of unbranched alkanes of at least 4 members (excludes halogenated alkanes) is 1. The number of ether oxygens (including phenoxy) is 1. The number of imidazole rings is 1. The third-order valence-electron chi connectivity index (χ3n) is 6.10. The molecule has 3 N–H and O–H groups in total. The summed E-state index contributed by atoms with van der Waals surface area (Å²) >= 11 is 1.77. The van der Waals surface area contributed by atoms with E-state index in [1.165, 1.54) is 0 Å². The van der Waals surface area contributed by atoms with Crippen LogP contribution in [0.1, 0.15) is 25.6 Å². The molecule has 4 rings (SSSR count). The van der Waals surface area contributed by atoms with Gasteiger partial charge in [-0.15, -0.1) is 0 Å². The molecular weight excluding hydrogens is 422 g/mol. The van der Waals surface area contributed by atoms with Crippen LogP contribution in [0.3, 0.4) is 0 Å². The Morgan fingerprint density at radius 1 is 1.12 bits per heavy atom. The van der Waals surface area contributed by atoms with E-state index in [1.54, 1.807) is 19.2 Å². The summed E-state index contributed by atoms with van der Waals surface area (Å²) in [6, 6.07) is 8.17. The number of nitrogen functional groups attached to an aromatic ring is 1. The second-order valence-corrected chi connectivity index (χ2v) is 9.18. The molecule has 0 atom stereocenters. The molecule has 1 aliphatic heterocycles. The summed E-state index contributed by atoms with van der Waals surface area (Å²) < 4.78 is 13.6. The number of aromatic nitrogens is 3. The van der Waals surface area contributed by atoms with Crippen LogP contribution in [-0.4, -0.2) is 76.7 Å². The van der Waals surface area contributed by atoms with E-state index in [9.17, 15) is 0 Å². The first-order chi connectivity index (χ1) is 15.7. The number of nitrogens with zero attached hydrogens (tertiary/aromatic N) is 5. The van der Waals surface area contributed by atoms with Crippen molar-refractivity contribution in [1.29, 1.82) is 0 Å². The third kappa shape index (κ3) is 5.35. The van der Waals surface area contributed by atoms with Gasteiger partial charge in [-0.2, -0.15) is 0 Å². The molecule has 9 heteroatoms.